The Bertz CT molecular complexity index is 244. The van der Waals surface area contributed by atoms with E-state index in [0.29, 0.717) is 0 Å². The van der Waals surface area contributed by atoms with Crippen molar-refractivity contribution in [2.24, 2.45) is 11.3 Å². The summed E-state index contributed by atoms with van der Waals surface area (Å²) in [7, 11) is 0. The minimum atomic E-state index is -0.139. The van der Waals surface area contributed by atoms with Crippen molar-refractivity contribution in [1.29, 1.82) is 0 Å². The molecule has 0 N–H and O–H groups in total. The first-order valence-electron chi connectivity index (χ1n) is 4.25. The van der Waals surface area contributed by atoms with Gasteiger partial charge < -0.3 is 0 Å². The molecule has 1 aliphatic rings. The fourth-order valence-electron chi connectivity index (χ4n) is 1.11. The Morgan fingerprint density at radius 3 is 2.67 bits per heavy atom. The molecule has 0 radical (unpaired) electrons. The predicted molar refractivity (Wildman–Crippen MR) is 50.4 cm³/mol. The maximum absolute atomic E-state index is 13.0. The van der Waals surface area contributed by atoms with Gasteiger partial charge in [-0.15, -0.1) is 0 Å². The van der Waals surface area contributed by atoms with Gasteiger partial charge in [-0.2, -0.15) is 0 Å². The van der Waals surface area contributed by atoms with E-state index in [1.165, 1.54) is 0 Å². The van der Waals surface area contributed by atoms with E-state index in [1.807, 2.05) is 19.1 Å². The standard InChI is InChI=1S/C11H15F/c1-9-4-6-11(2,3)7-5-10(12)8-9/h4-9H,1-3H3. The summed E-state index contributed by atoms with van der Waals surface area (Å²) in [4.78, 5) is 0. The highest BCUT2D eigenvalue weighted by Crippen LogP contribution is 2.24. The van der Waals surface area contributed by atoms with Gasteiger partial charge in [0.1, 0.15) is 5.83 Å². The first-order chi connectivity index (χ1) is 5.49. The molecule has 1 rings (SSSR count). The van der Waals surface area contributed by atoms with Crippen molar-refractivity contribution in [1.82, 2.24) is 0 Å². The lowest BCUT2D eigenvalue weighted by Crippen LogP contribution is -2.04. The molecule has 66 valence electrons. The van der Waals surface area contributed by atoms with Crippen molar-refractivity contribution in [2.75, 3.05) is 0 Å². The average molecular weight is 166 g/mol. The van der Waals surface area contributed by atoms with Gasteiger partial charge in [0.15, 0.2) is 0 Å². The summed E-state index contributed by atoms with van der Waals surface area (Å²) >= 11 is 0. The van der Waals surface area contributed by atoms with Crippen molar-refractivity contribution in [3.05, 3.63) is 36.2 Å². The maximum Gasteiger partial charge on any atom is 0.119 e. The Hall–Kier alpha value is -0.850. The minimum absolute atomic E-state index is 0.0279. The van der Waals surface area contributed by atoms with E-state index in [4.69, 9.17) is 0 Å². The molecular formula is C11H15F. The van der Waals surface area contributed by atoms with Gasteiger partial charge in [-0.25, -0.2) is 4.39 Å². The van der Waals surface area contributed by atoms with Gasteiger partial charge >= 0.3 is 0 Å². The Morgan fingerprint density at radius 2 is 2.00 bits per heavy atom. The lowest BCUT2D eigenvalue weighted by Gasteiger charge is -2.16. The smallest absolute Gasteiger partial charge is 0.119 e. The molecule has 0 nitrogen and oxygen atoms in total. The second kappa shape index (κ2) is 3.26. The average Bonchev–Trinajstić information content (AvgIpc) is 1.96. The summed E-state index contributed by atoms with van der Waals surface area (Å²) in [6.07, 6.45) is 9.17. The van der Waals surface area contributed by atoms with Crippen LogP contribution in [0.3, 0.4) is 0 Å². The molecule has 12 heavy (non-hydrogen) atoms. The van der Waals surface area contributed by atoms with E-state index < -0.39 is 0 Å². The van der Waals surface area contributed by atoms with Crippen molar-refractivity contribution in [2.45, 2.75) is 20.8 Å². The van der Waals surface area contributed by atoms with E-state index >= 15 is 0 Å². The number of halogens is 1. The molecular weight excluding hydrogens is 151 g/mol. The number of hydrogen-bond acceptors (Lipinski definition) is 0. The summed E-state index contributed by atoms with van der Waals surface area (Å²) < 4.78 is 13.0. The zero-order valence-corrected chi connectivity index (χ0v) is 7.84. The van der Waals surface area contributed by atoms with Gasteiger partial charge in [0.2, 0.25) is 0 Å². The topological polar surface area (TPSA) is 0 Å². The molecule has 1 aliphatic carbocycles. The van der Waals surface area contributed by atoms with E-state index in [9.17, 15) is 4.39 Å². The van der Waals surface area contributed by atoms with E-state index in [0.717, 1.165) is 0 Å². The molecule has 0 aromatic heterocycles. The first kappa shape index (κ1) is 9.24. The number of rotatable bonds is 0. The summed E-state index contributed by atoms with van der Waals surface area (Å²) in [5.74, 6) is 0.0501. The predicted octanol–water partition coefficient (Wildman–Crippen LogP) is 3.63. The third kappa shape index (κ3) is 2.65. The quantitative estimate of drug-likeness (QED) is 0.482. The van der Waals surface area contributed by atoms with Crippen LogP contribution in [-0.4, -0.2) is 0 Å². The van der Waals surface area contributed by atoms with Gasteiger partial charge in [0.05, 0.1) is 0 Å². The fraction of sp³-hybridized carbons (Fsp3) is 0.455. The van der Waals surface area contributed by atoms with Gasteiger partial charge in [0, 0.05) is 5.41 Å². The number of hydrogen-bond donors (Lipinski definition) is 0. The van der Waals surface area contributed by atoms with Crippen molar-refractivity contribution < 1.29 is 4.39 Å². The van der Waals surface area contributed by atoms with Crippen LogP contribution >= 0.6 is 0 Å². The van der Waals surface area contributed by atoms with Crippen LogP contribution in [0.5, 0.6) is 0 Å². The number of allylic oxidation sites excluding steroid dienone is 6. The van der Waals surface area contributed by atoms with Gasteiger partial charge in [0.25, 0.3) is 0 Å². The fourth-order valence-corrected chi connectivity index (χ4v) is 1.11. The summed E-state index contributed by atoms with van der Waals surface area (Å²) in [6.45, 7) is 6.10. The minimum Gasteiger partial charge on any atom is -0.207 e. The highest BCUT2D eigenvalue weighted by molar-refractivity contribution is 5.22. The summed E-state index contributed by atoms with van der Waals surface area (Å²) in [5, 5.41) is 0. The van der Waals surface area contributed by atoms with Gasteiger partial charge in [-0.1, -0.05) is 39.0 Å². The van der Waals surface area contributed by atoms with E-state index in [-0.39, 0.29) is 17.2 Å². The maximum atomic E-state index is 13.0. The van der Waals surface area contributed by atoms with E-state index in [1.54, 1.807) is 12.2 Å². The monoisotopic (exact) mass is 166 g/mol. The summed E-state index contributed by atoms with van der Waals surface area (Å²) in [5.41, 5.74) is -0.0279. The van der Waals surface area contributed by atoms with Crippen molar-refractivity contribution in [3.63, 3.8) is 0 Å². The second-order valence-electron chi connectivity index (χ2n) is 3.92. The molecule has 0 aromatic rings. The zero-order chi connectivity index (χ0) is 9.19. The molecule has 0 aromatic carbocycles. The van der Waals surface area contributed by atoms with Crippen LogP contribution in [0.2, 0.25) is 0 Å². The Kier molecular flexibility index (Phi) is 2.51. The Labute approximate surface area is 73.5 Å². The largest absolute Gasteiger partial charge is 0.207 e. The first-order valence-corrected chi connectivity index (χ1v) is 4.25. The third-order valence-electron chi connectivity index (χ3n) is 1.92. The van der Waals surface area contributed by atoms with Crippen molar-refractivity contribution >= 4 is 0 Å². The molecule has 0 spiro atoms. The molecule has 1 unspecified atom stereocenters. The van der Waals surface area contributed by atoms with Crippen molar-refractivity contribution in [3.8, 4) is 0 Å². The lowest BCUT2D eigenvalue weighted by atomic mass is 9.89. The van der Waals surface area contributed by atoms with Crippen LogP contribution in [0.1, 0.15) is 20.8 Å². The van der Waals surface area contributed by atoms with Crippen LogP contribution < -0.4 is 0 Å². The zero-order valence-electron chi connectivity index (χ0n) is 7.84. The Balaban J connectivity index is 2.95. The second-order valence-corrected chi connectivity index (χ2v) is 3.92. The summed E-state index contributed by atoms with van der Waals surface area (Å²) in [6, 6.07) is 0. The SMILES string of the molecule is CC1C=CC(C)(C)C=CC(F)=C1. The normalized spacial score (nSPS) is 27.7. The van der Waals surface area contributed by atoms with Gasteiger partial charge in [-0.05, 0) is 18.1 Å². The molecule has 0 heterocycles. The molecule has 1 atom stereocenters. The van der Waals surface area contributed by atoms with Crippen LogP contribution in [0.4, 0.5) is 4.39 Å². The molecule has 0 fully saturated rings. The lowest BCUT2D eigenvalue weighted by molar-refractivity contribution is 0.597. The molecule has 0 bridgehead atoms. The van der Waals surface area contributed by atoms with E-state index in [2.05, 4.69) is 19.9 Å². The molecule has 0 saturated carbocycles. The van der Waals surface area contributed by atoms with Crippen LogP contribution in [0.25, 0.3) is 0 Å². The molecule has 1 heteroatoms. The van der Waals surface area contributed by atoms with Crippen LogP contribution in [0.15, 0.2) is 36.2 Å². The molecule has 0 amide bonds. The molecule has 0 saturated heterocycles. The molecule has 0 aliphatic heterocycles. The van der Waals surface area contributed by atoms with Crippen LogP contribution in [-0.2, 0) is 0 Å². The van der Waals surface area contributed by atoms with Crippen LogP contribution in [0, 0.1) is 11.3 Å². The van der Waals surface area contributed by atoms with Gasteiger partial charge in [-0.3, -0.25) is 0 Å². The third-order valence-corrected chi connectivity index (χ3v) is 1.92. The highest BCUT2D eigenvalue weighted by Gasteiger charge is 2.11. The highest BCUT2D eigenvalue weighted by atomic mass is 19.1. The Morgan fingerprint density at radius 1 is 1.33 bits per heavy atom.